The third-order valence-corrected chi connectivity index (χ3v) is 6.26. The first-order chi connectivity index (χ1) is 16.4. The molecule has 3 amide bonds. The zero-order chi connectivity index (χ0) is 24.4. The molecule has 0 bridgehead atoms. The number of fused-ring (bicyclic) bond motifs is 2. The maximum atomic E-state index is 13.1. The molecule has 10 nitrogen and oxygen atoms in total. The van der Waals surface area contributed by atoms with Gasteiger partial charge in [-0.25, -0.2) is 0 Å². The van der Waals surface area contributed by atoms with Gasteiger partial charge in [0.2, 0.25) is 11.7 Å². The summed E-state index contributed by atoms with van der Waals surface area (Å²) < 4.78 is 22.3. The molecular weight excluding hydrogens is 510 g/mol. The van der Waals surface area contributed by atoms with Crippen LogP contribution < -0.4 is 24.3 Å². The van der Waals surface area contributed by atoms with Crippen molar-refractivity contribution in [2.45, 2.75) is 6.04 Å². The summed E-state index contributed by atoms with van der Waals surface area (Å²) in [6.45, 7) is 0.341. The molecule has 2 aromatic carbocycles. The zero-order valence-corrected chi connectivity index (χ0v) is 20.5. The molecular formula is C23H24BrN3O7. The van der Waals surface area contributed by atoms with Gasteiger partial charge in [-0.3, -0.25) is 14.4 Å². The van der Waals surface area contributed by atoms with E-state index in [1.807, 2.05) is 0 Å². The van der Waals surface area contributed by atoms with Crippen molar-refractivity contribution in [2.24, 2.45) is 0 Å². The van der Waals surface area contributed by atoms with Crippen LogP contribution in [0.4, 0.5) is 5.69 Å². The Labute approximate surface area is 204 Å². The van der Waals surface area contributed by atoms with Crippen LogP contribution in [0.15, 0.2) is 34.8 Å². The van der Waals surface area contributed by atoms with Crippen molar-refractivity contribution in [3.8, 4) is 23.0 Å². The van der Waals surface area contributed by atoms with E-state index in [0.29, 0.717) is 34.2 Å². The fourth-order valence-electron chi connectivity index (χ4n) is 4.03. The lowest BCUT2D eigenvalue weighted by Crippen LogP contribution is -2.60. The van der Waals surface area contributed by atoms with Gasteiger partial charge in [0.05, 0.1) is 39.1 Å². The van der Waals surface area contributed by atoms with E-state index in [4.69, 9.17) is 18.9 Å². The Morgan fingerprint density at radius 3 is 2.41 bits per heavy atom. The van der Waals surface area contributed by atoms with Crippen molar-refractivity contribution in [3.63, 3.8) is 0 Å². The van der Waals surface area contributed by atoms with Crippen LogP contribution in [0.5, 0.6) is 23.0 Å². The average molecular weight is 534 g/mol. The number of carbonyl (C=O) groups excluding carboxylic acids is 3. The van der Waals surface area contributed by atoms with Crippen LogP contribution in [-0.2, 0) is 9.59 Å². The number of nitrogens with one attached hydrogen (secondary N) is 1. The van der Waals surface area contributed by atoms with E-state index in [1.165, 1.54) is 31.1 Å². The van der Waals surface area contributed by atoms with E-state index in [2.05, 4.69) is 21.2 Å². The van der Waals surface area contributed by atoms with Gasteiger partial charge in [0.15, 0.2) is 18.1 Å². The van der Waals surface area contributed by atoms with Gasteiger partial charge in [0.25, 0.3) is 11.8 Å². The fourth-order valence-corrected chi connectivity index (χ4v) is 4.39. The monoisotopic (exact) mass is 533 g/mol. The predicted octanol–water partition coefficient (Wildman–Crippen LogP) is 2.16. The molecule has 2 heterocycles. The molecule has 0 aromatic heterocycles. The highest BCUT2D eigenvalue weighted by Crippen LogP contribution is 2.40. The smallest absolute Gasteiger partial charge is 0.260 e. The molecule has 0 radical (unpaired) electrons. The van der Waals surface area contributed by atoms with Gasteiger partial charge in [-0.2, -0.15) is 0 Å². The number of benzene rings is 2. The van der Waals surface area contributed by atoms with Crippen LogP contribution >= 0.6 is 15.9 Å². The largest absolute Gasteiger partial charge is 0.493 e. The standard InChI is InChI=1S/C23H24BrN3O7/c1-31-18-9-14(10-19(32-2)21(18)33-3)34-12-20(28)26-6-7-27-17(11-26)22(29)25-16-5-4-13(24)8-15(16)23(27)30/h4-5,8-10,17H,6-7,11-12H2,1-3H3,(H,25,29). The van der Waals surface area contributed by atoms with Crippen LogP contribution in [0.1, 0.15) is 10.4 Å². The van der Waals surface area contributed by atoms with E-state index < -0.39 is 6.04 Å². The molecule has 4 rings (SSSR count). The molecule has 0 saturated carbocycles. The van der Waals surface area contributed by atoms with Gasteiger partial charge in [0, 0.05) is 29.7 Å². The van der Waals surface area contributed by atoms with Gasteiger partial charge in [0.1, 0.15) is 11.8 Å². The number of halogens is 1. The number of hydrogen-bond donors (Lipinski definition) is 1. The van der Waals surface area contributed by atoms with Gasteiger partial charge < -0.3 is 34.1 Å². The second kappa shape index (κ2) is 9.80. The average Bonchev–Trinajstić information content (AvgIpc) is 2.95. The third kappa shape index (κ3) is 4.47. The molecule has 1 N–H and O–H groups in total. The normalized spacial score (nSPS) is 17.2. The maximum Gasteiger partial charge on any atom is 0.260 e. The van der Waals surface area contributed by atoms with Gasteiger partial charge in [-0.05, 0) is 18.2 Å². The minimum Gasteiger partial charge on any atom is -0.493 e. The lowest BCUT2D eigenvalue weighted by molar-refractivity contribution is -0.137. The summed E-state index contributed by atoms with van der Waals surface area (Å²) in [6, 6.07) is 7.52. The number of rotatable bonds is 6. The summed E-state index contributed by atoms with van der Waals surface area (Å²) in [7, 11) is 4.47. The number of ether oxygens (including phenoxy) is 4. The summed E-state index contributed by atoms with van der Waals surface area (Å²) in [5.41, 5.74) is 0.868. The van der Waals surface area contributed by atoms with Crippen molar-refractivity contribution < 1.29 is 33.3 Å². The molecule has 2 aliphatic rings. The summed E-state index contributed by atoms with van der Waals surface area (Å²) in [6.07, 6.45) is 0. The van der Waals surface area contributed by atoms with Crippen molar-refractivity contribution in [3.05, 3.63) is 40.4 Å². The minimum absolute atomic E-state index is 0.0736. The minimum atomic E-state index is -0.794. The molecule has 0 aliphatic carbocycles. The van der Waals surface area contributed by atoms with Crippen LogP contribution in [0.2, 0.25) is 0 Å². The molecule has 11 heteroatoms. The Morgan fingerprint density at radius 2 is 1.76 bits per heavy atom. The Bertz CT molecular complexity index is 1110. The fraction of sp³-hybridized carbons (Fsp3) is 0.348. The first-order valence-corrected chi connectivity index (χ1v) is 11.3. The van der Waals surface area contributed by atoms with E-state index in [1.54, 1.807) is 30.3 Å². The van der Waals surface area contributed by atoms with E-state index in [-0.39, 0.29) is 44.0 Å². The Hall–Kier alpha value is -3.47. The lowest BCUT2D eigenvalue weighted by atomic mass is 10.1. The zero-order valence-electron chi connectivity index (χ0n) is 18.9. The number of carbonyl (C=O) groups is 3. The van der Waals surface area contributed by atoms with Crippen molar-refractivity contribution >= 4 is 39.3 Å². The van der Waals surface area contributed by atoms with Crippen LogP contribution in [0, 0.1) is 0 Å². The number of hydrogen-bond acceptors (Lipinski definition) is 7. The van der Waals surface area contributed by atoms with Crippen LogP contribution in [0.25, 0.3) is 0 Å². The molecule has 1 fully saturated rings. The Morgan fingerprint density at radius 1 is 1.06 bits per heavy atom. The number of amides is 3. The summed E-state index contributed by atoms with van der Waals surface area (Å²) in [5.74, 6) is 0.688. The highest BCUT2D eigenvalue weighted by atomic mass is 79.9. The van der Waals surface area contributed by atoms with E-state index in [9.17, 15) is 14.4 Å². The Balaban J connectivity index is 1.45. The highest BCUT2D eigenvalue weighted by molar-refractivity contribution is 9.10. The van der Waals surface area contributed by atoms with Crippen molar-refractivity contribution in [2.75, 3.05) is 52.9 Å². The number of piperazine rings is 1. The van der Waals surface area contributed by atoms with Crippen molar-refractivity contribution in [1.29, 1.82) is 0 Å². The second-order valence-electron chi connectivity index (χ2n) is 7.68. The second-order valence-corrected chi connectivity index (χ2v) is 8.60. The predicted molar refractivity (Wildman–Crippen MR) is 126 cm³/mol. The first-order valence-electron chi connectivity index (χ1n) is 10.5. The number of anilines is 1. The van der Waals surface area contributed by atoms with Gasteiger partial charge in [-0.15, -0.1) is 0 Å². The summed E-state index contributed by atoms with van der Waals surface area (Å²) >= 11 is 3.36. The molecule has 34 heavy (non-hydrogen) atoms. The lowest BCUT2D eigenvalue weighted by Gasteiger charge is -2.39. The van der Waals surface area contributed by atoms with Gasteiger partial charge >= 0.3 is 0 Å². The molecule has 1 unspecified atom stereocenters. The molecule has 2 aliphatic heterocycles. The van der Waals surface area contributed by atoms with Crippen molar-refractivity contribution in [1.82, 2.24) is 9.80 Å². The molecule has 180 valence electrons. The van der Waals surface area contributed by atoms with Crippen LogP contribution in [-0.4, -0.2) is 81.1 Å². The van der Waals surface area contributed by atoms with E-state index >= 15 is 0 Å². The Kier molecular flexibility index (Phi) is 6.82. The maximum absolute atomic E-state index is 13.1. The highest BCUT2D eigenvalue weighted by Gasteiger charge is 2.40. The summed E-state index contributed by atoms with van der Waals surface area (Å²) in [4.78, 5) is 41.9. The molecule has 1 saturated heterocycles. The van der Waals surface area contributed by atoms with E-state index in [0.717, 1.165) is 4.47 Å². The molecule has 0 spiro atoms. The first kappa shape index (κ1) is 23.7. The number of methoxy groups -OCH3 is 3. The summed E-state index contributed by atoms with van der Waals surface area (Å²) in [5, 5.41) is 2.80. The third-order valence-electron chi connectivity index (χ3n) is 5.77. The van der Waals surface area contributed by atoms with Crippen LogP contribution in [0.3, 0.4) is 0 Å². The molecule has 2 aromatic rings. The number of nitrogens with zero attached hydrogens (tertiary/aromatic N) is 2. The molecule has 1 atom stereocenters. The van der Waals surface area contributed by atoms with Gasteiger partial charge in [-0.1, -0.05) is 15.9 Å². The quantitative estimate of drug-likeness (QED) is 0.606. The SMILES string of the molecule is COc1cc(OCC(=O)N2CCN3C(=O)c4cc(Br)ccc4NC(=O)C3C2)cc(OC)c1OC. The topological polar surface area (TPSA) is 107 Å².